The molecule has 2 aromatic rings. The van der Waals surface area contributed by atoms with Crippen LogP contribution in [0, 0.1) is 0 Å². The van der Waals surface area contributed by atoms with E-state index in [-0.39, 0.29) is 10.7 Å². The number of carbonyl (C=O) groups excluding carboxylic acids is 1. The Hall–Kier alpha value is -1.86. The molecule has 3 N–H and O–H groups in total. The normalized spacial score (nSPS) is 12.9. The van der Waals surface area contributed by atoms with Gasteiger partial charge in [0, 0.05) is 16.9 Å². The van der Waals surface area contributed by atoms with Crippen molar-refractivity contribution in [1.82, 2.24) is 15.5 Å². The molecule has 1 atom stereocenters. The van der Waals surface area contributed by atoms with Gasteiger partial charge in [0.2, 0.25) is 18.1 Å². The van der Waals surface area contributed by atoms with E-state index in [1.54, 1.807) is 11.8 Å². The number of rotatable bonds is 6. The van der Waals surface area contributed by atoms with Crippen LogP contribution < -0.4 is 11.1 Å². The van der Waals surface area contributed by atoms with Crippen LogP contribution in [0.15, 0.2) is 35.2 Å². The maximum absolute atomic E-state index is 12.1. The molecule has 1 aromatic carbocycles. The van der Waals surface area contributed by atoms with Crippen molar-refractivity contribution in [2.24, 2.45) is 5.73 Å². The third kappa shape index (κ3) is 3.86. The van der Waals surface area contributed by atoms with Gasteiger partial charge in [-0.3, -0.25) is 4.79 Å². The van der Waals surface area contributed by atoms with E-state index in [1.165, 1.54) is 6.39 Å². The molecule has 1 heterocycles. The minimum atomic E-state index is -0.555. The second kappa shape index (κ2) is 6.93. The van der Waals surface area contributed by atoms with Crippen LogP contribution in [0.4, 0.5) is 0 Å². The molecular weight excluding hydrogens is 300 g/mol. The molecule has 7 heteroatoms. The minimum Gasteiger partial charge on any atom is -0.351 e. The molecule has 1 amide bonds. The minimum absolute atomic E-state index is 0.151. The van der Waals surface area contributed by atoms with E-state index in [4.69, 9.17) is 10.3 Å². The monoisotopic (exact) mass is 320 g/mol. The Balaban J connectivity index is 1.93. The lowest BCUT2D eigenvalue weighted by molar-refractivity contribution is -0.123. The number of nitrogens with two attached hydrogens (primary N) is 1. The maximum atomic E-state index is 12.1. The fraction of sp³-hybridized carbons (Fsp3) is 0.400. The predicted octanol–water partition coefficient (Wildman–Crippen LogP) is 1.82. The Morgan fingerprint density at radius 1 is 1.41 bits per heavy atom. The second-order valence-electron chi connectivity index (χ2n) is 5.45. The number of hydrogen-bond acceptors (Lipinski definition) is 6. The second-order valence-corrected chi connectivity index (χ2v) is 6.92. The lowest BCUT2D eigenvalue weighted by atomic mass is 10.0. The molecule has 2 rings (SSSR count). The quantitative estimate of drug-likeness (QED) is 0.843. The van der Waals surface area contributed by atoms with E-state index in [2.05, 4.69) is 15.5 Å². The summed E-state index contributed by atoms with van der Waals surface area (Å²) in [4.78, 5) is 16.1. The van der Waals surface area contributed by atoms with Gasteiger partial charge < -0.3 is 15.6 Å². The molecule has 6 nitrogen and oxygen atoms in total. The molecule has 0 fully saturated rings. The van der Waals surface area contributed by atoms with Crippen LogP contribution in [0.25, 0.3) is 11.4 Å². The molecule has 0 saturated carbocycles. The summed E-state index contributed by atoms with van der Waals surface area (Å²) in [5.41, 5.74) is 7.84. The Labute approximate surface area is 133 Å². The van der Waals surface area contributed by atoms with E-state index in [9.17, 15) is 4.79 Å². The standard InChI is InChI=1S/C15H20N4O2S/c1-15(2,22-3)12(16)14(20)17-8-10-4-6-11(7-5-10)13-18-9-21-19-13/h4-7,9,12H,8,16H2,1-3H3,(H,17,20)/t12-/m1/s1. The van der Waals surface area contributed by atoms with E-state index in [0.717, 1.165) is 11.1 Å². The van der Waals surface area contributed by atoms with Gasteiger partial charge in [-0.15, -0.1) is 0 Å². The van der Waals surface area contributed by atoms with Crippen LogP contribution in [0.5, 0.6) is 0 Å². The summed E-state index contributed by atoms with van der Waals surface area (Å²) < 4.78 is 4.41. The lowest BCUT2D eigenvalue weighted by Gasteiger charge is -2.28. The first-order chi connectivity index (χ1) is 10.4. The van der Waals surface area contributed by atoms with Gasteiger partial charge in [0.05, 0.1) is 6.04 Å². The van der Waals surface area contributed by atoms with Crippen molar-refractivity contribution in [1.29, 1.82) is 0 Å². The van der Waals surface area contributed by atoms with Crippen molar-refractivity contribution in [3.05, 3.63) is 36.2 Å². The Morgan fingerprint density at radius 2 is 2.09 bits per heavy atom. The third-order valence-corrected chi connectivity index (χ3v) is 4.90. The highest BCUT2D eigenvalue weighted by Gasteiger charge is 2.30. The fourth-order valence-corrected chi connectivity index (χ4v) is 2.17. The lowest BCUT2D eigenvalue weighted by Crippen LogP contribution is -2.51. The van der Waals surface area contributed by atoms with Crippen molar-refractivity contribution in [3.63, 3.8) is 0 Å². The maximum Gasteiger partial charge on any atom is 0.238 e. The number of benzene rings is 1. The third-order valence-electron chi connectivity index (χ3n) is 3.60. The van der Waals surface area contributed by atoms with Crippen molar-refractivity contribution < 1.29 is 9.32 Å². The van der Waals surface area contributed by atoms with E-state index in [1.807, 2.05) is 44.4 Å². The summed E-state index contributed by atoms with van der Waals surface area (Å²) in [6, 6.07) is 7.05. The SMILES string of the molecule is CSC(C)(C)[C@H](N)C(=O)NCc1ccc(-c2ncon2)cc1. The first kappa shape index (κ1) is 16.5. The molecule has 0 aliphatic heterocycles. The van der Waals surface area contributed by atoms with Gasteiger partial charge in [0.15, 0.2) is 0 Å². The van der Waals surface area contributed by atoms with Gasteiger partial charge in [-0.1, -0.05) is 29.4 Å². The van der Waals surface area contributed by atoms with Crippen LogP contribution in [-0.2, 0) is 11.3 Å². The predicted molar refractivity (Wildman–Crippen MR) is 87.2 cm³/mol. The molecular formula is C15H20N4O2S. The number of nitrogens with zero attached hydrogens (tertiary/aromatic N) is 2. The zero-order chi connectivity index (χ0) is 16.2. The number of hydrogen-bond donors (Lipinski definition) is 2. The molecule has 0 aliphatic rings. The number of thioether (sulfide) groups is 1. The summed E-state index contributed by atoms with van der Waals surface area (Å²) >= 11 is 1.58. The van der Waals surface area contributed by atoms with Crippen molar-refractivity contribution in [2.75, 3.05) is 6.26 Å². The molecule has 0 saturated heterocycles. The number of nitrogens with one attached hydrogen (secondary N) is 1. The molecule has 118 valence electrons. The Kier molecular flexibility index (Phi) is 5.20. The van der Waals surface area contributed by atoms with Crippen LogP contribution in [0.2, 0.25) is 0 Å². The number of carbonyl (C=O) groups is 1. The first-order valence-corrected chi connectivity index (χ1v) is 8.10. The molecule has 0 bridgehead atoms. The van der Waals surface area contributed by atoms with E-state index >= 15 is 0 Å². The van der Waals surface area contributed by atoms with Crippen LogP contribution >= 0.6 is 11.8 Å². The summed E-state index contributed by atoms with van der Waals surface area (Å²) in [6.45, 7) is 4.35. The highest BCUT2D eigenvalue weighted by molar-refractivity contribution is 8.00. The average Bonchev–Trinajstić information content (AvgIpc) is 3.06. The Bertz CT molecular complexity index is 611. The molecule has 0 radical (unpaired) electrons. The van der Waals surface area contributed by atoms with Gasteiger partial charge in [0.1, 0.15) is 0 Å². The topological polar surface area (TPSA) is 94.0 Å². The molecule has 1 aromatic heterocycles. The van der Waals surface area contributed by atoms with Crippen molar-refractivity contribution >= 4 is 17.7 Å². The molecule has 0 unspecified atom stereocenters. The smallest absolute Gasteiger partial charge is 0.238 e. The van der Waals surface area contributed by atoms with Gasteiger partial charge in [0.25, 0.3) is 0 Å². The van der Waals surface area contributed by atoms with Gasteiger partial charge in [-0.25, -0.2) is 0 Å². The van der Waals surface area contributed by atoms with E-state index < -0.39 is 6.04 Å². The van der Waals surface area contributed by atoms with E-state index in [0.29, 0.717) is 12.4 Å². The molecule has 0 spiro atoms. The molecule has 22 heavy (non-hydrogen) atoms. The van der Waals surface area contributed by atoms with Gasteiger partial charge >= 0.3 is 0 Å². The van der Waals surface area contributed by atoms with Crippen LogP contribution in [-0.4, -0.2) is 33.1 Å². The highest BCUT2D eigenvalue weighted by atomic mass is 32.2. The fourth-order valence-electron chi connectivity index (χ4n) is 1.81. The number of aromatic nitrogens is 2. The van der Waals surface area contributed by atoms with Crippen molar-refractivity contribution in [3.8, 4) is 11.4 Å². The largest absolute Gasteiger partial charge is 0.351 e. The van der Waals surface area contributed by atoms with Crippen LogP contribution in [0.1, 0.15) is 19.4 Å². The summed E-state index contributed by atoms with van der Waals surface area (Å²) in [5, 5.41) is 6.64. The van der Waals surface area contributed by atoms with Gasteiger partial charge in [-0.2, -0.15) is 16.7 Å². The average molecular weight is 320 g/mol. The van der Waals surface area contributed by atoms with Crippen molar-refractivity contribution in [2.45, 2.75) is 31.2 Å². The van der Waals surface area contributed by atoms with Gasteiger partial charge in [-0.05, 0) is 25.7 Å². The molecule has 0 aliphatic carbocycles. The Morgan fingerprint density at radius 3 is 2.64 bits per heavy atom. The summed E-state index contributed by atoms with van der Waals surface area (Å²) in [5.74, 6) is 0.390. The summed E-state index contributed by atoms with van der Waals surface area (Å²) in [6.07, 6.45) is 3.24. The zero-order valence-corrected chi connectivity index (χ0v) is 13.7. The van der Waals surface area contributed by atoms with Crippen LogP contribution in [0.3, 0.4) is 0 Å². The first-order valence-electron chi connectivity index (χ1n) is 6.88. The summed E-state index contributed by atoms with van der Waals surface area (Å²) in [7, 11) is 0. The zero-order valence-electron chi connectivity index (χ0n) is 12.9. The highest BCUT2D eigenvalue weighted by Crippen LogP contribution is 2.24. The number of amides is 1.